The van der Waals surface area contributed by atoms with Gasteiger partial charge in [0.1, 0.15) is 11.3 Å². The highest BCUT2D eigenvalue weighted by Gasteiger charge is 2.39. The van der Waals surface area contributed by atoms with Crippen molar-refractivity contribution in [3.63, 3.8) is 0 Å². The van der Waals surface area contributed by atoms with Crippen molar-refractivity contribution < 1.29 is 24.6 Å². The summed E-state index contributed by atoms with van der Waals surface area (Å²) in [5, 5.41) is 19.5. The molecular weight excluding hydrogens is 470 g/mol. The standard InChI is InChI=1S/C20H22BrN5O5/c21-12-7-23-18-16(17(12)25-5-1-2-11(22)9-25)14(8-24-18)26(19(29)10-3-4-10)13(20(30)31)6-15(27)28/h6-8,10-11H,1-5,9,22H2,(H,23,24)(H,27,28)(H,30,31)/b13-6-/t11-/m1/s1. The molecule has 0 radical (unpaired) electrons. The Morgan fingerprint density at radius 2 is 2.03 bits per heavy atom. The summed E-state index contributed by atoms with van der Waals surface area (Å²) in [4.78, 5) is 46.9. The maximum absolute atomic E-state index is 13.1. The van der Waals surface area contributed by atoms with Crippen LogP contribution < -0.4 is 15.5 Å². The monoisotopic (exact) mass is 491 g/mol. The molecule has 4 rings (SSSR count). The van der Waals surface area contributed by atoms with Crippen LogP contribution in [0.1, 0.15) is 25.7 Å². The molecule has 31 heavy (non-hydrogen) atoms. The number of hydrogen-bond donors (Lipinski definition) is 4. The van der Waals surface area contributed by atoms with Crippen molar-refractivity contribution in [1.29, 1.82) is 0 Å². The molecule has 2 aromatic rings. The zero-order valence-electron chi connectivity index (χ0n) is 16.5. The summed E-state index contributed by atoms with van der Waals surface area (Å²) in [6, 6.07) is -0.0167. The van der Waals surface area contributed by atoms with Crippen LogP contribution in [0, 0.1) is 5.92 Å². The van der Waals surface area contributed by atoms with Crippen molar-refractivity contribution in [1.82, 2.24) is 9.97 Å². The van der Waals surface area contributed by atoms with Crippen molar-refractivity contribution in [2.45, 2.75) is 31.7 Å². The molecule has 3 heterocycles. The van der Waals surface area contributed by atoms with Gasteiger partial charge in [-0.05, 0) is 41.6 Å². The van der Waals surface area contributed by atoms with Gasteiger partial charge in [0.15, 0.2) is 0 Å². The van der Waals surface area contributed by atoms with Gasteiger partial charge >= 0.3 is 11.9 Å². The molecule has 1 aliphatic carbocycles. The summed E-state index contributed by atoms with van der Waals surface area (Å²) in [6.45, 7) is 1.33. The molecule has 10 nitrogen and oxygen atoms in total. The third kappa shape index (κ3) is 4.15. The number of rotatable bonds is 6. The number of anilines is 2. The SMILES string of the molecule is N[C@@H]1CCCN(c2c(Br)cnc3[nH]cc(N(C(=O)C4CC4)/C(=C\C(=O)O)C(=O)O)c23)C1. The number of aromatic nitrogens is 2. The van der Waals surface area contributed by atoms with Crippen molar-refractivity contribution >= 4 is 56.2 Å². The van der Waals surface area contributed by atoms with E-state index in [1.807, 2.05) is 0 Å². The molecule has 0 unspecified atom stereocenters. The average molecular weight is 492 g/mol. The molecule has 2 aromatic heterocycles. The van der Waals surface area contributed by atoms with Gasteiger partial charge in [0, 0.05) is 37.4 Å². The number of fused-ring (bicyclic) bond motifs is 1. The van der Waals surface area contributed by atoms with E-state index in [1.165, 1.54) is 6.20 Å². The molecule has 0 aromatic carbocycles. The molecule has 0 spiro atoms. The first-order chi connectivity index (χ1) is 14.8. The number of aliphatic carboxylic acids is 2. The second kappa shape index (κ2) is 8.31. The van der Waals surface area contributed by atoms with Gasteiger partial charge in [-0.25, -0.2) is 14.6 Å². The highest BCUT2D eigenvalue weighted by atomic mass is 79.9. The molecule has 2 aliphatic rings. The molecule has 2 fully saturated rings. The highest BCUT2D eigenvalue weighted by Crippen LogP contribution is 2.43. The van der Waals surface area contributed by atoms with Crippen LogP contribution >= 0.6 is 15.9 Å². The number of carbonyl (C=O) groups excluding carboxylic acids is 1. The smallest absolute Gasteiger partial charge is 0.353 e. The number of carboxylic acid groups (broad SMARTS) is 2. The number of aromatic amines is 1. The van der Waals surface area contributed by atoms with Gasteiger partial charge in [-0.1, -0.05) is 0 Å². The number of pyridine rings is 1. The van der Waals surface area contributed by atoms with Gasteiger partial charge in [0.05, 0.1) is 27.3 Å². The lowest BCUT2D eigenvalue weighted by Gasteiger charge is -2.34. The van der Waals surface area contributed by atoms with Crippen LogP contribution in [0.25, 0.3) is 11.0 Å². The Labute approximate surface area is 185 Å². The number of carbonyl (C=O) groups is 3. The van der Waals surface area contributed by atoms with Gasteiger partial charge in [0.25, 0.3) is 0 Å². The zero-order valence-corrected chi connectivity index (χ0v) is 18.1. The van der Waals surface area contributed by atoms with Crippen LogP contribution in [-0.2, 0) is 14.4 Å². The fourth-order valence-corrected chi connectivity index (χ4v) is 4.51. The number of piperidine rings is 1. The second-order valence-electron chi connectivity index (χ2n) is 7.82. The lowest BCUT2D eigenvalue weighted by atomic mass is 10.0. The van der Waals surface area contributed by atoms with Crippen LogP contribution in [0.15, 0.2) is 28.6 Å². The molecule has 1 saturated carbocycles. The number of hydrogen-bond acceptors (Lipinski definition) is 6. The molecule has 1 aliphatic heterocycles. The summed E-state index contributed by atoms with van der Waals surface area (Å²) < 4.78 is 0.674. The first-order valence-electron chi connectivity index (χ1n) is 9.96. The van der Waals surface area contributed by atoms with E-state index in [0.29, 0.717) is 41.0 Å². The maximum atomic E-state index is 13.1. The Bertz CT molecular complexity index is 1090. The van der Waals surface area contributed by atoms with E-state index >= 15 is 0 Å². The summed E-state index contributed by atoms with van der Waals surface area (Å²) in [6.07, 6.45) is 6.73. The predicted molar refractivity (Wildman–Crippen MR) is 117 cm³/mol. The Kier molecular flexibility index (Phi) is 5.71. The van der Waals surface area contributed by atoms with E-state index in [-0.39, 0.29) is 17.6 Å². The summed E-state index contributed by atoms with van der Waals surface area (Å²) in [5.74, 6) is -3.74. The maximum Gasteiger partial charge on any atom is 0.353 e. The number of nitrogens with zero attached hydrogens (tertiary/aromatic N) is 3. The number of H-pyrrole nitrogens is 1. The van der Waals surface area contributed by atoms with E-state index in [0.717, 1.165) is 30.0 Å². The topological polar surface area (TPSA) is 153 Å². The van der Waals surface area contributed by atoms with Crippen LogP contribution in [0.3, 0.4) is 0 Å². The van der Waals surface area contributed by atoms with Gasteiger partial charge < -0.3 is 25.8 Å². The minimum absolute atomic E-state index is 0.0167. The Hall–Kier alpha value is -2.92. The minimum Gasteiger partial charge on any atom is -0.478 e. The molecule has 5 N–H and O–H groups in total. The number of carboxylic acids is 2. The fraction of sp³-hybridized carbons (Fsp3) is 0.400. The number of nitrogens with two attached hydrogens (primary N) is 1. The summed E-state index contributed by atoms with van der Waals surface area (Å²) in [7, 11) is 0. The van der Waals surface area contributed by atoms with Crippen LogP contribution in [-0.4, -0.2) is 57.2 Å². The fourth-order valence-electron chi connectivity index (χ4n) is 3.96. The van der Waals surface area contributed by atoms with Crippen molar-refractivity contribution in [2.24, 2.45) is 11.7 Å². The van der Waals surface area contributed by atoms with E-state index < -0.39 is 23.5 Å². The normalized spacial score (nSPS) is 19.5. The third-order valence-corrected chi connectivity index (χ3v) is 6.07. The van der Waals surface area contributed by atoms with E-state index in [4.69, 9.17) is 5.73 Å². The predicted octanol–water partition coefficient (Wildman–Crippen LogP) is 2.05. The van der Waals surface area contributed by atoms with Crippen LogP contribution in [0.5, 0.6) is 0 Å². The Balaban J connectivity index is 1.93. The van der Waals surface area contributed by atoms with Gasteiger partial charge in [0.2, 0.25) is 5.91 Å². The summed E-state index contributed by atoms with van der Waals surface area (Å²) >= 11 is 3.54. The Morgan fingerprint density at radius 1 is 1.29 bits per heavy atom. The van der Waals surface area contributed by atoms with Crippen molar-refractivity contribution in [3.8, 4) is 0 Å². The average Bonchev–Trinajstić information content (AvgIpc) is 3.48. The zero-order chi connectivity index (χ0) is 22.3. The van der Waals surface area contributed by atoms with E-state index in [1.54, 1.807) is 6.20 Å². The third-order valence-electron chi connectivity index (χ3n) is 5.49. The first kappa shape index (κ1) is 21.3. The first-order valence-corrected chi connectivity index (χ1v) is 10.7. The van der Waals surface area contributed by atoms with Gasteiger partial charge in [-0.3, -0.25) is 9.69 Å². The largest absolute Gasteiger partial charge is 0.478 e. The van der Waals surface area contributed by atoms with Crippen LogP contribution in [0.2, 0.25) is 0 Å². The molecule has 164 valence electrons. The number of nitrogens with one attached hydrogen (secondary N) is 1. The molecule has 0 bridgehead atoms. The highest BCUT2D eigenvalue weighted by molar-refractivity contribution is 9.10. The van der Waals surface area contributed by atoms with E-state index in [9.17, 15) is 24.6 Å². The lowest BCUT2D eigenvalue weighted by molar-refractivity contribution is -0.135. The molecule has 1 saturated heterocycles. The quantitative estimate of drug-likeness (QED) is 0.447. The minimum atomic E-state index is -1.50. The molecular formula is C20H22BrN5O5. The molecule has 1 atom stereocenters. The molecule has 11 heteroatoms. The van der Waals surface area contributed by atoms with Crippen molar-refractivity contribution in [2.75, 3.05) is 22.9 Å². The number of amides is 1. The lowest BCUT2D eigenvalue weighted by Crippen LogP contribution is -2.43. The summed E-state index contributed by atoms with van der Waals surface area (Å²) in [5.41, 5.74) is 7.01. The van der Waals surface area contributed by atoms with Gasteiger partial charge in [-0.2, -0.15) is 0 Å². The van der Waals surface area contributed by atoms with Crippen molar-refractivity contribution in [3.05, 3.63) is 28.6 Å². The van der Waals surface area contributed by atoms with Crippen LogP contribution in [0.4, 0.5) is 11.4 Å². The second-order valence-corrected chi connectivity index (χ2v) is 8.68. The molecule has 1 amide bonds. The van der Waals surface area contributed by atoms with Gasteiger partial charge in [-0.15, -0.1) is 0 Å². The van der Waals surface area contributed by atoms with E-state index in [2.05, 4.69) is 30.8 Å². The number of halogens is 1. The Morgan fingerprint density at radius 3 is 2.65 bits per heavy atom.